The van der Waals surface area contributed by atoms with Gasteiger partial charge in [-0.2, -0.15) is 0 Å². The second kappa shape index (κ2) is 6.36. The molecule has 1 aliphatic heterocycles. The number of fused-ring (bicyclic) bond motifs is 1. The number of carbonyl (C=O) groups is 2. The number of aldehydes is 1. The van der Waals surface area contributed by atoms with Gasteiger partial charge in [0.25, 0.3) is 0 Å². The van der Waals surface area contributed by atoms with Crippen LogP contribution in [0.25, 0.3) is 0 Å². The van der Waals surface area contributed by atoms with E-state index in [2.05, 4.69) is 0 Å². The fraction of sp³-hybridized carbons (Fsp3) is 0.467. The van der Waals surface area contributed by atoms with Crippen LogP contribution in [0.3, 0.4) is 0 Å². The fourth-order valence-electron chi connectivity index (χ4n) is 2.40. The lowest BCUT2D eigenvalue weighted by atomic mass is 9.94. The van der Waals surface area contributed by atoms with Gasteiger partial charge in [0.2, 0.25) is 0 Å². The maximum atomic E-state index is 11.4. The van der Waals surface area contributed by atoms with E-state index in [1.165, 1.54) is 7.11 Å². The van der Waals surface area contributed by atoms with E-state index >= 15 is 0 Å². The van der Waals surface area contributed by atoms with Crippen LogP contribution in [-0.4, -0.2) is 25.5 Å². The Labute approximate surface area is 112 Å². The Morgan fingerprint density at radius 2 is 2.37 bits per heavy atom. The Morgan fingerprint density at radius 1 is 1.53 bits per heavy atom. The van der Waals surface area contributed by atoms with Gasteiger partial charge in [-0.15, -0.1) is 0 Å². The topological polar surface area (TPSA) is 52.6 Å². The normalized spacial score (nSPS) is 17.2. The predicted molar refractivity (Wildman–Crippen MR) is 70.2 cm³/mol. The maximum Gasteiger partial charge on any atom is 0.309 e. The minimum Gasteiger partial charge on any atom is -0.490 e. The number of esters is 1. The molecule has 1 aromatic carbocycles. The van der Waals surface area contributed by atoms with Crippen LogP contribution in [0.4, 0.5) is 0 Å². The SMILES string of the molecule is COC(=O)Cc1cccc2c1CCC(CCC=O)O2. The average Bonchev–Trinajstić information content (AvgIpc) is 2.45. The molecular weight excluding hydrogens is 244 g/mol. The molecule has 0 aliphatic carbocycles. The third-order valence-electron chi connectivity index (χ3n) is 3.41. The van der Waals surface area contributed by atoms with Crippen LogP contribution in [0.5, 0.6) is 5.75 Å². The second-order valence-electron chi connectivity index (χ2n) is 4.67. The molecule has 0 radical (unpaired) electrons. The molecule has 4 nitrogen and oxygen atoms in total. The third-order valence-corrected chi connectivity index (χ3v) is 3.41. The first-order chi connectivity index (χ1) is 9.24. The number of hydrogen-bond donors (Lipinski definition) is 0. The quantitative estimate of drug-likeness (QED) is 0.602. The molecule has 0 spiro atoms. The Bertz CT molecular complexity index is 467. The van der Waals surface area contributed by atoms with Crippen LogP contribution in [0, 0.1) is 0 Å². The zero-order valence-corrected chi connectivity index (χ0v) is 11.1. The molecule has 102 valence electrons. The first-order valence-electron chi connectivity index (χ1n) is 6.52. The standard InChI is InChI=1S/C15H18O4/c1-18-15(17)10-11-4-2-6-14-13(11)8-7-12(19-14)5-3-9-16/h2,4,6,9,12H,3,5,7-8,10H2,1H3. The molecule has 4 heteroatoms. The number of rotatable bonds is 5. The van der Waals surface area contributed by atoms with Crippen molar-refractivity contribution in [3.63, 3.8) is 0 Å². The third kappa shape index (κ3) is 3.34. The van der Waals surface area contributed by atoms with Crippen LogP contribution < -0.4 is 4.74 Å². The summed E-state index contributed by atoms with van der Waals surface area (Å²) in [6.45, 7) is 0. The molecule has 0 amide bonds. The highest BCUT2D eigenvalue weighted by atomic mass is 16.5. The maximum absolute atomic E-state index is 11.4. The smallest absolute Gasteiger partial charge is 0.309 e. The number of hydrogen-bond acceptors (Lipinski definition) is 4. The molecular formula is C15H18O4. The predicted octanol–water partition coefficient (Wildman–Crippen LogP) is 2.07. The van der Waals surface area contributed by atoms with Gasteiger partial charge in [0.15, 0.2) is 0 Å². The van der Waals surface area contributed by atoms with Crippen molar-refractivity contribution in [1.82, 2.24) is 0 Å². The van der Waals surface area contributed by atoms with Gasteiger partial charge < -0.3 is 14.3 Å². The average molecular weight is 262 g/mol. The molecule has 1 aliphatic rings. The molecule has 0 aromatic heterocycles. The molecule has 0 bridgehead atoms. The van der Waals surface area contributed by atoms with Crippen molar-refractivity contribution in [2.75, 3.05) is 7.11 Å². The molecule has 0 saturated heterocycles. The van der Waals surface area contributed by atoms with E-state index in [0.717, 1.165) is 42.4 Å². The van der Waals surface area contributed by atoms with Crippen molar-refractivity contribution in [2.24, 2.45) is 0 Å². The Kier molecular flexibility index (Phi) is 4.55. The van der Waals surface area contributed by atoms with E-state index in [-0.39, 0.29) is 18.5 Å². The first kappa shape index (κ1) is 13.6. The lowest BCUT2D eigenvalue weighted by Gasteiger charge is -2.27. The molecule has 19 heavy (non-hydrogen) atoms. The van der Waals surface area contributed by atoms with Gasteiger partial charge in [0, 0.05) is 6.42 Å². The summed E-state index contributed by atoms with van der Waals surface area (Å²) < 4.78 is 10.6. The van der Waals surface area contributed by atoms with E-state index in [9.17, 15) is 9.59 Å². The zero-order chi connectivity index (χ0) is 13.7. The summed E-state index contributed by atoms with van der Waals surface area (Å²) in [7, 11) is 1.39. The van der Waals surface area contributed by atoms with Gasteiger partial charge in [0.05, 0.1) is 19.6 Å². The summed E-state index contributed by atoms with van der Waals surface area (Å²) in [6.07, 6.45) is 4.36. The largest absolute Gasteiger partial charge is 0.490 e. The van der Waals surface area contributed by atoms with Gasteiger partial charge in [-0.25, -0.2) is 0 Å². The van der Waals surface area contributed by atoms with Crippen LogP contribution in [0.1, 0.15) is 30.4 Å². The van der Waals surface area contributed by atoms with E-state index in [1.807, 2.05) is 18.2 Å². The molecule has 1 heterocycles. The van der Waals surface area contributed by atoms with Crippen molar-refractivity contribution in [1.29, 1.82) is 0 Å². The summed E-state index contributed by atoms with van der Waals surface area (Å²) in [4.78, 5) is 21.8. The van der Waals surface area contributed by atoms with Crippen LogP contribution >= 0.6 is 0 Å². The molecule has 2 rings (SSSR count). The Balaban J connectivity index is 2.11. The first-order valence-corrected chi connectivity index (χ1v) is 6.52. The molecule has 0 N–H and O–H groups in total. The lowest BCUT2D eigenvalue weighted by molar-refractivity contribution is -0.139. The van der Waals surface area contributed by atoms with Gasteiger partial charge >= 0.3 is 5.97 Å². The van der Waals surface area contributed by atoms with E-state index < -0.39 is 0 Å². The highest BCUT2D eigenvalue weighted by Crippen LogP contribution is 2.31. The van der Waals surface area contributed by atoms with Crippen LogP contribution in [-0.2, 0) is 27.2 Å². The molecule has 1 aromatic rings. The number of ether oxygens (including phenoxy) is 2. The molecule has 0 saturated carbocycles. The van der Waals surface area contributed by atoms with Gasteiger partial charge in [-0.05, 0) is 36.5 Å². The Hall–Kier alpha value is -1.84. The summed E-state index contributed by atoms with van der Waals surface area (Å²) in [5.74, 6) is 0.597. The molecule has 1 atom stereocenters. The van der Waals surface area contributed by atoms with Gasteiger partial charge in [-0.3, -0.25) is 4.79 Å². The summed E-state index contributed by atoms with van der Waals surface area (Å²) in [5.41, 5.74) is 2.06. The van der Waals surface area contributed by atoms with Crippen molar-refractivity contribution >= 4 is 12.3 Å². The zero-order valence-electron chi connectivity index (χ0n) is 11.1. The van der Waals surface area contributed by atoms with Crippen molar-refractivity contribution in [3.05, 3.63) is 29.3 Å². The van der Waals surface area contributed by atoms with Crippen LogP contribution in [0.15, 0.2) is 18.2 Å². The highest BCUT2D eigenvalue weighted by molar-refractivity contribution is 5.73. The highest BCUT2D eigenvalue weighted by Gasteiger charge is 2.22. The minimum absolute atomic E-state index is 0.103. The Morgan fingerprint density at radius 3 is 3.11 bits per heavy atom. The van der Waals surface area contributed by atoms with Gasteiger partial charge in [-0.1, -0.05) is 12.1 Å². The fourth-order valence-corrected chi connectivity index (χ4v) is 2.40. The van der Waals surface area contributed by atoms with Crippen molar-refractivity contribution in [2.45, 2.75) is 38.2 Å². The van der Waals surface area contributed by atoms with Crippen molar-refractivity contribution < 1.29 is 19.1 Å². The second-order valence-corrected chi connectivity index (χ2v) is 4.67. The lowest BCUT2D eigenvalue weighted by Crippen LogP contribution is -2.24. The summed E-state index contributed by atoms with van der Waals surface area (Å²) in [5, 5.41) is 0. The van der Waals surface area contributed by atoms with Crippen molar-refractivity contribution in [3.8, 4) is 5.75 Å². The number of methoxy groups -OCH3 is 1. The van der Waals surface area contributed by atoms with E-state index in [1.54, 1.807) is 0 Å². The van der Waals surface area contributed by atoms with Crippen LogP contribution in [0.2, 0.25) is 0 Å². The number of benzene rings is 1. The monoisotopic (exact) mass is 262 g/mol. The minimum atomic E-state index is -0.239. The summed E-state index contributed by atoms with van der Waals surface area (Å²) in [6, 6.07) is 5.74. The molecule has 1 unspecified atom stereocenters. The van der Waals surface area contributed by atoms with E-state index in [0.29, 0.717) is 6.42 Å². The van der Waals surface area contributed by atoms with Gasteiger partial charge in [0.1, 0.15) is 12.0 Å². The number of carbonyl (C=O) groups excluding carboxylic acids is 2. The van der Waals surface area contributed by atoms with E-state index in [4.69, 9.17) is 9.47 Å². The summed E-state index contributed by atoms with van der Waals surface area (Å²) >= 11 is 0. The molecule has 0 fully saturated rings.